The van der Waals surface area contributed by atoms with Gasteiger partial charge < -0.3 is 9.64 Å². The van der Waals surface area contributed by atoms with Crippen molar-refractivity contribution in [3.05, 3.63) is 35.9 Å². The average molecular weight is 334 g/mol. The summed E-state index contributed by atoms with van der Waals surface area (Å²) in [7, 11) is 0. The summed E-state index contributed by atoms with van der Waals surface area (Å²) in [6.07, 6.45) is 5.71. The highest BCUT2D eigenvalue weighted by Gasteiger charge is 2.26. The van der Waals surface area contributed by atoms with Crippen LogP contribution in [-0.2, 0) is 11.2 Å². The Morgan fingerprint density at radius 2 is 1.71 bits per heavy atom. The summed E-state index contributed by atoms with van der Waals surface area (Å²) >= 11 is 0. The van der Waals surface area contributed by atoms with Crippen LogP contribution in [0.4, 0.5) is 4.79 Å². The van der Waals surface area contributed by atoms with Crippen LogP contribution in [0.5, 0.6) is 0 Å². The van der Waals surface area contributed by atoms with E-state index in [2.05, 4.69) is 30.3 Å². The highest BCUT2D eigenvalue weighted by molar-refractivity contribution is 5.68. The van der Waals surface area contributed by atoms with Crippen LogP contribution >= 0.6 is 0 Å². The Morgan fingerprint density at radius 1 is 1.12 bits per heavy atom. The van der Waals surface area contributed by atoms with Crippen molar-refractivity contribution in [2.75, 3.05) is 13.1 Å². The first kappa shape index (κ1) is 20.5. The highest BCUT2D eigenvalue weighted by atomic mass is 16.6. The molecular formula is C21H35NO2. The summed E-state index contributed by atoms with van der Waals surface area (Å²) in [6.45, 7) is 11.4. The molecule has 0 bridgehead atoms. The maximum absolute atomic E-state index is 12.0. The summed E-state index contributed by atoms with van der Waals surface area (Å²) in [5, 5.41) is 0. The van der Waals surface area contributed by atoms with Gasteiger partial charge in [-0.1, -0.05) is 44.2 Å². The lowest BCUT2D eigenvalue weighted by atomic mass is 9.91. The molecule has 1 amide bonds. The summed E-state index contributed by atoms with van der Waals surface area (Å²) in [6, 6.07) is 10.7. The second-order valence-corrected chi connectivity index (χ2v) is 7.29. The molecule has 1 saturated heterocycles. The first-order valence-corrected chi connectivity index (χ1v) is 9.46. The molecule has 0 radical (unpaired) electrons. The fraction of sp³-hybridized carbons (Fsp3) is 0.667. The molecule has 3 nitrogen and oxygen atoms in total. The molecule has 1 heterocycles. The molecule has 0 aromatic heterocycles. The van der Waals surface area contributed by atoms with Gasteiger partial charge in [-0.3, -0.25) is 0 Å². The molecule has 0 aliphatic carbocycles. The predicted molar refractivity (Wildman–Crippen MR) is 101 cm³/mol. The third-order valence-electron chi connectivity index (χ3n) is 4.19. The topological polar surface area (TPSA) is 29.5 Å². The number of likely N-dealkylation sites (tertiary alicyclic amines) is 1. The van der Waals surface area contributed by atoms with Crippen molar-refractivity contribution in [2.45, 2.75) is 72.3 Å². The van der Waals surface area contributed by atoms with E-state index in [4.69, 9.17) is 4.74 Å². The first-order valence-electron chi connectivity index (χ1n) is 9.46. The van der Waals surface area contributed by atoms with E-state index in [0.717, 1.165) is 38.3 Å². The number of hydrogen-bond donors (Lipinski definition) is 0. The van der Waals surface area contributed by atoms with Gasteiger partial charge in [-0.05, 0) is 64.4 Å². The lowest BCUT2D eigenvalue weighted by molar-refractivity contribution is 0.0180. The van der Waals surface area contributed by atoms with Gasteiger partial charge in [0.25, 0.3) is 0 Å². The molecule has 0 spiro atoms. The Kier molecular flexibility index (Phi) is 8.88. The van der Waals surface area contributed by atoms with Crippen LogP contribution in [0.2, 0.25) is 0 Å². The van der Waals surface area contributed by atoms with Gasteiger partial charge in [-0.15, -0.1) is 0 Å². The molecule has 24 heavy (non-hydrogen) atoms. The first-order chi connectivity index (χ1) is 11.4. The van der Waals surface area contributed by atoms with Crippen molar-refractivity contribution in [1.82, 2.24) is 4.90 Å². The molecular weight excluding hydrogens is 298 g/mol. The zero-order chi connectivity index (χ0) is 18.0. The number of carbonyl (C=O) groups excluding carboxylic acids is 1. The van der Waals surface area contributed by atoms with Crippen molar-refractivity contribution in [2.24, 2.45) is 5.92 Å². The van der Waals surface area contributed by atoms with Crippen LogP contribution in [0.3, 0.4) is 0 Å². The zero-order valence-electron chi connectivity index (χ0n) is 16.2. The van der Waals surface area contributed by atoms with E-state index in [1.807, 2.05) is 39.5 Å². The molecule has 3 heteroatoms. The Morgan fingerprint density at radius 3 is 2.25 bits per heavy atom. The van der Waals surface area contributed by atoms with Crippen LogP contribution < -0.4 is 0 Å². The standard InChI is InChI=1S/C19H29NO2.C2H6/c1-19(2,3)22-18(21)20-14-12-17(13-15-20)11-7-10-16-8-5-4-6-9-16;1-2/h4-6,8-9,17H,7,10-15H2,1-3H3;1-2H3. The summed E-state index contributed by atoms with van der Waals surface area (Å²) in [4.78, 5) is 13.9. The molecule has 1 aromatic carbocycles. The maximum Gasteiger partial charge on any atom is 0.410 e. The SMILES string of the molecule is CC.CC(C)(C)OC(=O)N1CCC(CCCc2ccccc2)CC1. The zero-order valence-corrected chi connectivity index (χ0v) is 16.2. The number of nitrogens with zero attached hydrogens (tertiary/aromatic N) is 1. The monoisotopic (exact) mass is 333 g/mol. The van der Waals surface area contributed by atoms with Crippen LogP contribution in [0.25, 0.3) is 0 Å². The summed E-state index contributed by atoms with van der Waals surface area (Å²) in [5.41, 5.74) is 1.03. The number of hydrogen-bond acceptors (Lipinski definition) is 2. The van der Waals surface area contributed by atoms with Crippen LogP contribution in [0, 0.1) is 5.92 Å². The van der Waals surface area contributed by atoms with E-state index < -0.39 is 5.60 Å². The fourth-order valence-corrected chi connectivity index (χ4v) is 2.97. The van der Waals surface area contributed by atoms with Crippen LogP contribution in [0.1, 0.15) is 65.9 Å². The minimum absolute atomic E-state index is 0.157. The van der Waals surface area contributed by atoms with Gasteiger partial charge in [0.2, 0.25) is 0 Å². The summed E-state index contributed by atoms with van der Waals surface area (Å²) < 4.78 is 5.44. The van der Waals surface area contributed by atoms with E-state index in [0.29, 0.717) is 0 Å². The summed E-state index contributed by atoms with van der Waals surface area (Å²) in [5.74, 6) is 0.752. The molecule has 136 valence electrons. The van der Waals surface area contributed by atoms with Crippen molar-refractivity contribution in [1.29, 1.82) is 0 Å². The van der Waals surface area contributed by atoms with E-state index >= 15 is 0 Å². The van der Waals surface area contributed by atoms with Gasteiger partial charge in [0.05, 0.1) is 0 Å². The van der Waals surface area contributed by atoms with Crippen LogP contribution in [0.15, 0.2) is 30.3 Å². The number of piperidine rings is 1. The van der Waals surface area contributed by atoms with Crippen molar-refractivity contribution < 1.29 is 9.53 Å². The normalized spacial score (nSPS) is 15.5. The number of aryl methyl sites for hydroxylation is 1. The van der Waals surface area contributed by atoms with E-state index in [1.54, 1.807) is 0 Å². The third-order valence-corrected chi connectivity index (χ3v) is 4.19. The van der Waals surface area contributed by atoms with Gasteiger partial charge in [0.15, 0.2) is 0 Å². The molecule has 2 rings (SSSR count). The van der Waals surface area contributed by atoms with E-state index in [-0.39, 0.29) is 6.09 Å². The molecule has 0 N–H and O–H groups in total. The molecule has 0 saturated carbocycles. The minimum Gasteiger partial charge on any atom is -0.444 e. The quantitative estimate of drug-likeness (QED) is 0.709. The average Bonchev–Trinajstić information content (AvgIpc) is 2.57. The number of carbonyl (C=O) groups is 1. The molecule has 1 aliphatic heterocycles. The number of amides is 1. The Balaban J connectivity index is 0.00000139. The smallest absolute Gasteiger partial charge is 0.410 e. The molecule has 1 aliphatic rings. The van der Waals surface area contributed by atoms with Gasteiger partial charge in [0, 0.05) is 13.1 Å². The minimum atomic E-state index is -0.399. The van der Waals surface area contributed by atoms with Crippen molar-refractivity contribution >= 4 is 6.09 Å². The predicted octanol–water partition coefficient (Wildman–Crippen LogP) is 5.68. The Bertz CT molecular complexity index is 456. The van der Waals surface area contributed by atoms with Gasteiger partial charge in [-0.25, -0.2) is 4.79 Å². The Hall–Kier alpha value is -1.51. The van der Waals surface area contributed by atoms with E-state index in [1.165, 1.54) is 18.4 Å². The molecule has 1 fully saturated rings. The second kappa shape index (κ2) is 10.4. The number of rotatable bonds is 4. The number of ether oxygens (including phenoxy) is 1. The molecule has 0 unspecified atom stereocenters. The molecule has 1 aromatic rings. The molecule has 0 atom stereocenters. The number of benzene rings is 1. The van der Waals surface area contributed by atoms with E-state index in [9.17, 15) is 4.79 Å². The Labute approximate surface area is 148 Å². The van der Waals surface area contributed by atoms with Crippen molar-refractivity contribution in [3.63, 3.8) is 0 Å². The lowest BCUT2D eigenvalue weighted by Crippen LogP contribution is -2.41. The highest BCUT2D eigenvalue weighted by Crippen LogP contribution is 2.24. The van der Waals surface area contributed by atoms with Crippen LogP contribution in [-0.4, -0.2) is 29.7 Å². The lowest BCUT2D eigenvalue weighted by Gasteiger charge is -2.33. The van der Waals surface area contributed by atoms with Gasteiger partial charge >= 0.3 is 6.09 Å². The fourth-order valence-electron chi connectivity index (χ4n) is 2.97. The third kappa shape index (κ3) is 7.85. The maximum atomic E-state index is 12.0. The van der Waals surface area contributed by atoms with Crippen molar-refractivity contribution in [3.8, 4) is 0 Å². The van der Waals surface area contributed by atoms with Gasteiger partial charge in [-0.2, -0.15) is 0 Å². The second-order valence-electron chi connectivity index (χ2n) is 7.29. The van der Waals surface area contributed by atoms with Gasteiger partial charge in [0.1, 0.15) is 5.60 Å². The largest absolute Gasteiger partial charge is 0.444 e.